The van der Waals surface area contributed by atoms with E-state index < -0.39 is 0 Å². The molecule has 116 valence electrons. The maximum Gasteiger partial charge on any atom is 0.306 e. The average molecular weight is 338 g/mol. The van der Waals surface area contributed by atoms with E-state index in [2.05, 4.69) is 5.32 Å². The van der Waals surface area contributed by atoms with E-state index in [-0.39, 0.29) is 24.9 Å². The Morgan fingerprint density at radius 2 is 2.14 bits per heavy atom. The minimum absolute atomic E-state index is 0.264. The number of amides is 1. The SMILES string of the molecule is Cc1ccc(NC(=O)COC(=O)CCc2ccsc2)cc1Cl. The van der Waals surface area contributed by atoms with Gasteiger partial charge in [-0.25, -0.2) is 0 Å². The van der Waals surface area contributed by atoms with Crippen LogP contribution in [0.3, 0.4) is 0 Å². The Hall–Kier alpha value is -1.85. The molecule has 0 unspecified atom stereocenters. The highest BCUT2D eigenvalue weighted by Crippen LogP contribution is 2.19. The van der Waals surface area contributed by atoms with E-state index in [1.807, 2.05) is 29.8 Å². The summed E-state index contributed by atoms with van der Waals surface area (Å²) in [6.45, 7) is 1.58. The summed E-state index contributed by atoms with van der Waals surface area (Å²) in [6, 6.07) is 7.18. The molecule has 1 amide bonds. The number of esters is 1. The molecule has 6 heteroatoms. The van der Waals surface area contributed by atoms with Crippen LogP contribution in [0.2, 0.25) is 5.02 Å². The topological polar surface area (TPSA) is 55.4 Å². The number of aryl methyl sites for hydroxylation is 2. The Balaban J connectivity index is 1.72. The van der Waals surface area contributed by atoms with Crippen LogP contribution in [0.1, 0.15) is 17.5 Å². The van der Waals surface area contributed by atoms with Crippen LogP contribution in [-0.4, -0.2) is 18.5 Å². The van der Waals surface area contributed by atoms with E-state index in [1.165, 1.54) is 0 Å². The molecule has 1 heterocycles. The van der Waals surface area contributed by atoms with Gasteiger partial charge >= 0.3 is 5.97 Å². The highest BCUT2D eigenvalue weighted by molar-refractivity contribution is 7.07. The first-order valence-corrected chi connectivity index (χ1v) is 8.09. The van der Waals surface area contributed by atoms with Crippen molar-refractivity contribution in [2.24, 2.45) is 0 Å². The predicted molar refractivity (Wildman–Crippen MR) is 88.4 cm³/mol. The molecule has 1 aromatic carbocycles. The van der Waals surface area contributed by atoms with Crippen molar-refractivity contribution in [1.82, 2.24) is 0 Å². The molecule has 2 aromatic rings. The summed E-state index contributed by atoms with van der Waals surface area (Å²) >= 11 is 7.56. The number of rotatable bonds is 6. The lowest BCUT2D eigenvalue weighted by Crippen LogP contribution is -2.21. The van der Waals surface area contributed by atoms with Crippen molar-refractivity contribution in [2.75, 3.05) is 11.9 Å². The first-order valence-electron chi connectivity index (χ1n) is 6.77. The number of halogens is 1. The first-order chi connectivity index (χ1) is 10.5. The number of hydrogen-bond acceptors (Lipinski definition) is 4. The number of hydrogen-bond donors (Lipinski definition) is 1. The molecule has 2 rings (SSSR count). The third-order valence-electron chi connectivity index (χ3n) is 3.02. The molecule has 0 aliphatic rings. The molecule has 0 aliphatic heterocycles. The number of carbonyl (C=O) groups is 2. The van der Waals surface area contributed by atoms with E-state index in [1.54, 1.807) is 23.5 Å². The third kappa shape index (κ3) is 5.16. The maximum absolute atomic E-state index is 11.7. The highest BCUT2D eigenvalue weighted by Gasteiger charge is 2.09. The Labute approximate surface area is 138 Å². The Kier molecular flexibility index (Phi) is 5.98. The summed E-state index contributed by atoms with van der Waals surface area (Å²) in [5.41, 5.74) is 2.61. The minimum atomic E-state index is -0.386. The van der Waals surface area contributed by atoms with Crippen LogP contribution in [0.4, 0.5) is 5.69 Å². The van der Waals surface area contributed by atoms with Crippen LogP contribution in [0, 0.1) is 6.92 Å². The van der Waals surface area contributed by atoms with Gasteiger partial charge in [0.1, 0.15) is 0 Å². The second kappa shape index (κ2) is 7.96. The Morgan fingerprint density at radius 3 is 2.82 bits per heavy atom. The molecule has 0 saturated heterocycles. The number of nitrogens with one attached hydrogen (secondary N) is 1. The molecular weight excluding hydrogens is 322 g/mol. The van der Waals surface area contributed by atoms with E-state index in [0.29, 0.717) is 17.1 Å². The first kappa shape index (κ1) is 16.5. The van der Waals surface area contributed by atoms with E-state index in [4.69, 9.17) is 16.3 Å². The van der Waals surface area contributed by atoms with E-state index in [0.717, 1.165) is 11.1 Å². The summed E-state index contributed by atoms with van der Waals surface area (Å²) in [7, 11) is 0. The summed E-state index contributed by atoms with van der Waals surface area (Å²) in [5, 5.41) is 7.16. The normalized spacial score (nSPS) is 10.3. The van der Waals surface area contributed by atoms with E-state index >= 15 is 0 Å². The maximum atomic E-state index is 11.7. The van der Waals surface area contributed by atoms with Gasteiger partial charge in [-0.15, -0.1) is 0 Å². The van der Waals surface area contributed by atoms with Gasteiger partial charge in [0.05, 0.1) is 0 Å². The summed E-state index contributed by atoms with van der Waals surface area (Å²) in [5.74, 6) is -0.771. The Morgan fingerprint density at radius 1 is 1.32 bits per heavy atom. The summed E-state index contributed by atoms with van der Waals surface area (Å²) < 4.78 is 4.95. The fraction of sp³-hybridized carbons (Fsp3) is 0.250. The average Bonchev–Trinajstić information content (AvgIpc) is 3.00. The van der Waals surface area contributed by atoms with Crippen LogP contribution >= 0.6 is 22.9 Å². The zero-order chi connectivity index (χ0) is 15.9. The van der Waals surface area contributed by atoms with Crippen molar-refractivity contribution in [2.45, 2.75) is 19.8 Å². The fourth-order valence-corrected chi connectivity index (χ4v) is 2.65. The quantitative estimate of drug-likeness (QED) is 0.815. The molecular formula is C16H16ClNO3S. The lowest BCUT2D eigenvalue weighted by atomic mass is 10.2. The molecule has 22 heavy (non-hydrogen) atoms. The standard InChI is InChI=1S/C16H16ClNO3S/c1-11-2-4-13(8-14(11)17)18-15(19)9-21-16(20)5-3-12-6-7-22-10-12/h2,4,6-8,10H,3,5,9H2,1H3,(H,18,19). The van der Waals surface area contributed by atoms with Gasteiger partial charge in [-0.2, -0.15) is 11.3 Å². The molecule has 0 radical (unpaired) electrons. The van der Waals surface area contributed by atoms with Crippen LogP contribution < -0.4 is 5.32 Å². The zero-order valence-electron chi connectivity index (χ0n) is 12.1. The molecule has 0 bridgehead atoms. The van der Waals surface area contributed by atoms with Crippen LogP contribution in [0.5, 0.6) is 0 Å². The third-order valence-corrected chi connectivity index (χ3v) is 4.16. The van der Waals surface area contributed by atoms with Crippen molar-refractivity contribution in [1.29, 1.82) is 0 Å². The monoisotopic (exact) mass is 337 g/mol. The lowest BCUT2D eigenvalue weighted by Gasteiger charge is -2.07. The van der Waals surface area contributed by atoms with Gasteiger partial charge in [0.2, 0.25) is 0 Å². The minimum Gasteiger partial charge on any atom is -0.456 e. The van der Waals surface area contributed by atoms with Crippen molar-refractivity contribution in [3.8, 4) is 0 Å². The van der Waals surface area contributed by atoms with Crippen LogP contribution in [0.15, 0.2) is 35.0 Å². The van der Waals surface area contributed by atoms with Gasteiger partial charge in [-0.3, -0.25) is 9.59 Å². The molecule has 4 nitrogen and oxygen atoms in total. The van der Waals surface area contributed by atoms with Gasteiger partial charge < -0.3 is 10.1 Å². The van der Waals surface area contributed by atoms with Gasteiger partial charge in [0.25, 0.3) is 5.91 Å². The van der Waals surface area contributed by atoms with Gasteiger partial charge in [-0.1, -0.05) is 17.7 Å². The van der Waals surface area contributed by atoms with Gasteiger partial charge in [0.15, 0.2) is 6.61 Å². The molecule has 0 fully saturated rings. The second-order valence-electron chi connectivity index (χ2n) is 4.80. The predicted octanol–water partition coefficient (Wildman–Crippen LogP) is 3.82. The smallest absolute Gasteiger partial charge is 0.306 e. The molecule has 0 atom stereocenters. The van der Waals surface area contributed by atoms with Crippen molar-refractivity contribution in [3.63, 3.8) is 0 Å². The molecule has 0 aliphatic carbocycles. The second-order valence-corrected chi connectivity index (χ2v) is 5.99. The van der Waals surface area contributed by atoms with Crippen LogP contribution in [-0.2, 0) is 20.7 Å². The van der Waals surface area contributed by atoms with Crippen LogP contribution in [0.25, 0.3) is 0 Å². The van der Waals surface area contributed by atoms with Gasteiger partial charge in [-0.05, 0) is 53.4 Å². The Bertz CT molecular complexity index is 655. The summed E-state index contributed by atoms with van der Waals surface area (Å²) in [4.78, 5) is 23.3. The number of benzene rings is 1. The fourth-order valence-electron chi connectivity index (χ4n) is 1.77. The number of ether oxygens (including phenoxy) is 1. The van der Waals surface area contributed by atoms with Gasteiger partial charge in [0, 0.05) is 17.1 Å². The van der Waals surface area contributed by atoms with Crippen molar-refractivity contribution in [3.05, 3.63) is 51.2 Å². The zero-order valence-corrected chi connectivity index (χ0v) is 13.7. The largest absolute Gasteiger partial charge is 0.456 e. The molecule has 1 aromatic heterocycles. The van der Waals surface area contributed by atoms with Crippen molar-refractivity contribution < 1.29 is 14.3 Å². The highest BCUT2D eigenvalue weighted by atomic mass is 35.5. The number of anilines is 1. The number of carbonyl (C=O) groups excluding carboxylic acids is 2. The number of thiophene rings is 1. The van der Waals surface area contributed by atoms with Crippen molar-refractivity contribution >= 4 is 40.5 Å². The van der Waals surface area contributed by atoms with E-state index in [9.17, 15) is 9.59 Å². The lowest BCUT2D eigenvalue weighted by molar-refractivity contribution is -0.147. The molecule has 1 N–H and O–H groups in total. The molecule has 0 saturated carbocycles. The summed E-state index contributed by atoms with van der Waals surface area (Å²) in [6.07, 6.45) is 0.887. The molecule has 0 spiro atoms.